The van der Waals surface area contributed by atoms with Crippen LogP contribution < -0.4 is 5.32 Å². The number of likely N-dealkylation sites (tertiary alicyclic amines) is 1. The van der Waals surface area contributed by atoms with Crippen LogP contribution in [-0.4, -0.2) is 39.0 Å². The molecule has 2 aromatic heterocycles. The summed E-state index contributed by atoms with van der Waals surface area (Å²) >= 11 is 0. The van der Waals surface area contributed by atoms with E-state index in [1.54, 1.807) is 0 Å². The molecule has 3 heterocycles. The van der Waals surface area contributed by atoms with E-state index in [1.807, 2.05) is 31.5 Å². The molecule has 5 heteroatoms. The summed E-state index contributed by atoms with van der Waals surface area (Å²) in [5, 5.41) is 3.49. The topological polar surface area (TPSA) is 53.9 Å². The molecule has 5 nitrogen and oxygen atoms in total. The summed E-state index contributed by atoms with van der Waals surface area (Å²) in [7, 11) is 0. The lowest BCUT2D eigenvalue weighted by molar-refractivity contribution is 0.163. The Kier molecular flexibility index (Phi) is 4.63. The quantitative estimate of drug-likeness (QED) is 0.939. The van der Waals surface area contributed by atoms with Crippen molar-refractivity contribution in [3.05, 3.63) is 48.0 Å². The van der Waals surface area contributed by atoms with E-state index in [4.69, 9.17) is 0 Å². The number of pyridine rings is 1. The van der Waals surface area contributed by atoms with Gasteiger partial charge in [-0.25, -0.2) is 9.97 Å². The Balaban J connectivity index is 1.56. The first-order chi connectivity index (χ1) is 10.7. The van der Waals surface area contributed by atoms with Gasteiger partial charge in [-0.3, -0.25) is 9.88 Å². The molecule has 1 saturated heterocycles. The van der Waals surface area contributed by atoms with E-state index < -0.39 is 0 Å². The standard InChI is InChI=1S/C17H23N5/c1-13-11-22(12-15-5-3-4-8-18-15)10-7-16(13)21-17-19-9-6-14(2)20-17/h3-6,8-9,13,16H,7,10-12H2,1-2H3,(H,19,20,21). The maximum Gasteiger partial charge on any atom is 0.223 e. The third-order valence-corrected chi connectivity index (χ3v) is 4.21. The zero-order valence-electron chi connectivity index (χ0n) is 13.2. The number of hydrogen-bond acceptors (Lipinski definition) is 5. The summed E-state index contributed by atoms with van der Waals surface area (Å²) in [6, 6.07) is 8.46. The van der Waals surface area contributed by atoms with E-state index in [1.165, 1.54) is 0 Å². The van der Waals surface area contributed by atoms with Crippen LogP contribution in [0.2, 0.25) is 0 Å². The van der Waals surface area contributed by atoms with Gasteiger partial charge >= 0.3 is 0 Å². The second kappa shape index (κ2) is 6.83. The fraction of sp³-hybridized carbons (Fsp3) is 0.471. The van der Waals surface area contributed by atoms with Crippen molar-refractivity contribution in [1.82, 2.24) is 19.9 Å². The monoisotopic (exact) mass is 297 g/mol. The molecule has 0 saturated carbocycles. The van der Waals surface area contributed by atoms with Crippen LogP contribution in [0.1, 0.15) is 24.7 Å². The minimum atomic E-state index is 0.432. The SMILES string of the molecule is Cc1ccnc(NC2CCN(Cc3ccccn3)CC2C)n1. The number of aromatic nitrogens is 3. The first-order valence-corrected chi connectivity index (χ1v) is 7.89. The average Bonchev–Trinajstić information content (AvgIpc) is 2.51. The summed E-state index contributed by atoms with van der Waals surface area (Å²) in [5.41, 5.74) is 2.14. The van der Waals surface area contributed by atoms with Gasteiger partial charge in [0.2, 0.25) is 5.95 Å². The summed E-state index contributed by atoms with van der Waals surface area (Å²) in [6.07, 6.45) is 4.78. The second-order valence-electron chi connectivity index (χ2n) is 6.09. The molecule has 1 aliphatic heterocycles. The van der Waals surface area contributed by atoms with Crippen LogP contribution in [0.3, 0.4) is 0 Å². The van der Waals surface area contributed by atoms with Gasteiger partial charge in [-0.2, -0.15) is 0 Å². The zero-order chi connectivity index (χ0) is 15.4. The highest BCUT2D eigenvalue weighted by Crippen LogP contribution is 2.21. The Morgan fingerprint density at radius 3 is 2.86 bits per heavy atom. The third kappa shape index (κ3) is 3.80. The molecule has 1 fully saturated rings. The van der Waals surface area contributed by atoms with Gasteiger partial charge in [-0.15, -0.1) is 0 Å². The highest BCUT2D eigenvalue weighted by Gasteiger charge is 2.26. The molecule has 0 aromatic carbocycles. The van der Waals surface area contributed by atoms with Crippen molar-refractivity contribution < 1.29 is 0 Å². The number of nitrogens with one attached hydrogen (secondary N) is 1. The van der Waals surface area contributed by atoms with Crippen molar-refractivity contribution >= 4 is 5.95 Å². The Morgan fingerprint density at radius 2 is 2.14 bits per heavy atom. The molecule has 0 amide bonds. The van der Waals surface area contributed by atoms with E-state index >= 15 is 0 Å². The van der Waals surface area contributed by atoms with Gasteiger partial charge in [0, 0.05) is 43.8 Å². The molecule has 0 bridgehead atoms. The van der Waals surface area contributed by atoms with Crippen LogP contribution in [0.15, 0.2) is 36.7 Å². The number of nitrogens with zero attached hydrogens (tertiary/aromatic N) is 4. The molecule has 3 rings (SSSR count). The average molecular weight is 297 g/mol. The molecule has 2 atom stereocenters. The van der Waals surface area contributed by atoms with Gasteiger partial charge in [-0.05, 0) is 37.5 Å². The normalized spacial score (nSPS) is 22.5. The Hall–Kier alpha value is -2.01. The number of hydrogen-bond donors (Lipinski definition) is 1. The van der Waals surface area contributed by atoms with E-state index in [-0.39, 0.29) is 0 Å². The number of aryl methyl sites for hydroxylation is 1. The molecule has 1 aliphatic rings. The first-order valence-electron chi connectivity index (χ1n) is 7.89. The Bertz CT molecular complexity index is 601. The van der Waals surface area contributed by atoms with Crippen LogP contribution in [0.5, 0.6) is 0 Å². The minimum absolute atomic E-state index is 0.432. The molecule has 2 unspecified atom stereocenters. The highest BCUT2D eigenvalue weighted by molar-refractivity contribution is 5.27. The fourth-order valence-electron chi connectivity index (χ4n) is 3.00. The lowest BCUT2D eigenvalue weighted by Crippen LogP contribution is -2.45. The highest BCUT2D eigenvalue weighted by atomic mass is 15.2. The molecular weight excluding hydrogens is 274 g/mol. The second-order valence-corrected chi connectivity index (χ2v) is 6.09. The van der Waals surface area contributed by atoms with Gasteiger partial charge in [0.25, 0.3) is 0 Å². The molecule has 2 aromatic rings. The maximum atomic E-state index is 4.44. The molecule has 116 valence electrons. The largest absolute Gasteiger partial charge is 0.351 e. The van der Waals surface area contributed by atoms with Crippen LogP contribution in [0.4, 0.5) is 5.95 Å². The van der Waals surface area contributed by atoms with Crippen molar-refractivity contribution in [1.29, 1.82) is 0 Å². The van der Waals surface area contributed by atoms with Crippen LogP contribution in [0, 0.1) is 12.8 Å². The van der Waals surface area contributed by atoms with Crippen LogP contribution >= 0.6 is 0 Å². The van der Waals surface area contributed by atoms with E-state index in [0.717, 1.165) is 43.4 Å². The fourth-order valence-corrected chi connectivity index (χ4v) is 3.00. The van der Waals surface area contributed by atoms with Gasteiger partial charge < -0.3 is 5.32 Å². The van der Waals surface area contributed by atoms with E-state index in [9.17, 15) is 0 Å². The molecule has 0 spiro atoms. The number of anilines is 1. The van der Waals surface area contributed by atoms with Crippen LogP contribution in [0.25, 0.3) is 0 Å². The van der Waals surface area contributed by atoms with Crippen molar-refractivity contribution in [2.45, 2.75) is 32.9 Å². The van der Waals surface area contributed by atoms with Crippen molar-refractivity contribution in [3.63, 3.8) is 0 Å². The summed E-state index contributed by atoms with van der Waals surface area (Å²) in [4.78, 5) is 15.6. The lowest BCUT2D eigenvalue weighted by Gasteiger charge is -2.37. The van der Waals surface area contributed by atoms with Crippen molar-refractivity contribution in [2.75, 3.05) is 18.4 Å². The smallest absolute Gasteiger partial charge is 0.223 e. The third-order valence-electron chi connectivity index (χ3n) is 4.21. The molecule has 0 radical (unpaired) electrons. The van der Waals surface area contributed by atoms with Gasteiger partial charge in [0.1, 0.15) is 0 Å². The van der Waals surface area contributed by atoms with Crippen molar-refractivity contribution in [3.8, 4) is 0 Å². The zero-order valence-corrected chi connectivity index (χ0v) is 13.2. The predicted octanol–water partition coefficient (Wildman–Crippen LogP) is 2.50. The lowest BCUT2D eigenvalue weighted by atomic mass is 9.94. The van der Waals surface area contributed by atoms with Gasteiger partial charge in [0.15, 0.2) is 0 Å². The van der Waals surface area contributed by atoms with E-state index in [0.29, 0.717) is 12.0 Å². The summed E-state index contributed by atoms with van der Waals surface area (Å²) < 4.78 is 0. The Morgan fingerprint density at radius 1 is 1.23 bits per heavy atom. The molecule has 22 heavy (non-hydrogen) atoms. The van der Waals surface area contributed by atoms with Crippen LogP contribution in [-0.2, 0) is 6.54 Å². The number of piperidine rings is 1. The number of rotatable bonds is 4. The molecule has 1 N–H and O–H groups in total. The summed E-state index contributed by atoms with van der Waals surface area (Å²) in [6.45, 7) is 7.35. The van der Waals surface area contributed by atoms with Gasteiger partial charge in [0.05, 0.1) is 5.69 Å². The molecule has 0 aliphatic carbocycles. The summed E-state index contributed by atoms with van der Waals surface area (Å²) in [5.74, 6) is 1.30. The maximum absolute atomic E-state index is 4.44. The van der Waals surface area contributed by atoms with Gasteiger partial charge in [-0.1, -0.05) is 13.0 Å². The first kappa shape index (κ1) is 14.9. The van der Waals surface area contributed by atoms with E-state index in [2.05, 4.69) is 44.2 Å². The van der Waals surface area contributed by atoms with Crippen molar-refractivity contribution in [2.24, 2.45) is 5.92 Å². The minimum Gasteiger partial charge on any atom is -0.351 e. The molecular formula is C17H23N5. The Labute approximate surface area is 131 Å². The predicted molar refractivity (Wildman–Crippen MR) is 87.5 cm³/mol.